The van der Waals surface area contributed by atoms with E-state index in [0.29, 0.717) is 29.3 Å². The number of aromatic nitrogens is 2. The molecule has 1 saturated carbocycles. The summed E-state index contributed by atoms with van der Waals surface area (Å²) in [6, 6.07) is 14.9. The second-order valence-corrected chi connectivity index (χ2v) is 8.43. The van der Waals surface area contributed by atoms with Crippen molar-refractivity contribution in [2.24, 2.45) is 11.8 Å². The van der Waals surface area contributed by atoms with Crippen molar-refractivity contribution in [1.29, 1.82) is 0 Å². The van der Waals surface area contributed by atoms with Crippen LogP contribution in [-0.4, -0.2) is 21.8 Å². The molecular formula is C26H24N4O4. The molecule has 2 amide bonds. The van der Waals surface area contributed by atoms with Gasteiger partial charge in [0.15, 0.2) is 24.3 Å². The summed E-state index contributed by atoms with van der Waals surface area (Å²) in [4.78, 5) is 33.8. The average Bonchev–Trinajstić information content (AvgIpc) is 3.59. The lowest BCUT2D eigenvalue weighted by Gasteiger charge is -2.27. The molecule has 172 valence electrons. The van der Waals surface area contributed by atoms with Gasteiger partial charge in [0.25, 0.3) is 0 Å². The summed E-state index contributed by atoms with van der Waals surface area (Å²) >= 11 is 0. The molecule has 8 heteroatoms. The summed E-state index contributed by atoms with van der Waals surface area (Å²) in [5.74, 6) is 0.688. The molecule has 2 N–H and O–H groups in total. The van der Waals surface area contributed by atoms with E-state index in [1.165, 1.54) is 12.8 Å². The molecule has 8 nitrogen and oxygen atoms in total. The molecule has 0 aliphatic heterocycles. The number of nitrogens with zero attached hydrogens (tertiary/aromatic N) is 2. The monoisotopic (exact) mass is 456 g/mol. The molecule has 2 heterocycles. The Hall–Kier alpha value is -4.20. The van der Waals surface area contributed by atoms with Gasteiger partial charge in [0.05, 0.1) is 12.4 Å². The highest BCUT2D eigenvalue weighted by atomic mass is 16.3. The van der Waals surface area contributed by atoms with Crippen LogP contribution >= 0.6 is 0 Å². The third kappa shape index (κ3) is 4.91. The molecule has 2 aromatic heterocycles. The smallest absolute Gasteiger partial charge is 0.227 e. The Kier molecular flexibility index (Phi) is 6.20. The molecule has 1 aliphatic rings. The molecule has 34 heavy (non-hydrogen) atoms. The lowest BCUT2D eigenvalue weighted by atomic mass is 9.80. The van der Waals surface area contributed by atoms with Crippen molar-refractivity contribution in [3.8, 4) is 22.6 Å². The number of rotatable bonds is 6. The van der Waals surface area contributed by atoms with E-state index in [2.05, 4.69) is 20.6 Å². The number of amides is 2. The largest absolute Gasteiger partial charge is 0.444 e. The van der Waals surface area contributed by atoms with Crippen LogP contribution in [0.15, 0.2) is 82.5 Å². The predicted octanol–water partition coefficient (Wildman–Crippen LogP) is 5.38. The Morgan fingerprint density at radius 3 is 1.71 bits per heavy atom. The van der Waals surface area contributed by atoms with Crippen molar-refractivity contribution < 1.29 is 18.4 Å². The maximum absolute atomic E-state index is 13.0. The van der Waals surface area contributed by atoms with E-state index in [4.69, 9.17) is 8.83 Å². The highest BCUT2D eigenvalue weighted by molar-refractivity contribution is 5.96. The molecule has 2 unspecified atom stereocenters. The first-order valence-electron chi connectivity index (χ1n) is 11.3. The molecule has 0 bridgehead atoms. The van der Waals surface area contributed by atoms with E-state index in [1.807, 2.05) is 48.5 Å². The van der Waals surface area contributed by atoms with Crippen molar-refractivity contribution in [3.05, 3.63) is 73.7 Å². The van der Waals surface area contributed by atoms with Gasteiger partial charge in [-0.2, -0.15) is 0 Å². The molecule has 4 aromatic rings. The Balaban J connectivity index is 1.21. The fourth-order valence-corrected chi connectivity index (χ4v) is 4.37. The summed E-state index contributed by atoms with van der Waals surface area (Å²) in [6.07, 6.45) is 8.87. The normalized spacial score (nSPS) is 17.8. The van der Waals surface area contributed by atoms with Gasteiger partial charge in [0, 0.05) is 34.3 Å². The zero-order chi connectivity index (χ0) is 23.3. The van der Waals surface area contributed by atoms with Crippen LogP contribution in [0.3, 0.4) is 0 Å². The molecule has 2 aromatic carbocycles. The highest BCUT2D eigenvalue weighted by Crippen LogP contribution is 2.32. The van der Waals surface area contributed by atoms with Crippen LogP contribution in [0.5, 0.6) is 0 Å². The average molecular weight is 457 g/mol. The number of carbonyl (C=O) groups excluding carboxylic acids is 2. The third-order valence-electron chi connectivity index (χ3n) is 6.11. The van der Waals surface area contributed by atoms with E-state index in [9.17, 15) is 9.59 Å². The molecule has 0 radical (unpaired) electrons. The zero-order valence-electron chi connectivity index (χ0n) is 18.4. The first-order valence-corrected chi connectivity index (χ1v) is 11.3. The second kappa shape index (κ2) is 9.74. The van der Waals surface area contributed by atoms with Gasteiger partial charge in [-0.15, -0.1) is 0 Å². The van der Waals surface area contributed by atoms with Crippen molar-refractivity contribution in [2.45, 2.75) is 25.7 Å². The van der Waals surface area contributed by atoms with E-state index in [-0.39, 0.29) is 23.7 Å². The van der Waals surface area contributed by atoms with Gasteiger partial charge in [0.2, 0.25) is 11.8 Å². The van der Waals surface area contributed by atoms with E-state index in [1.54, 1.807) is 12.4 Å². The van der Waals surface area contributed by atoms with Crippen LogP contribution in [0, 0.1) is 11.8 Å². The highest BCUT2D eigenvalue weighted by Gasteiger charge is 2.31. The van der Waals surface area contributed by atoms with Gasteiger partial charge in [-0.25, -0.2) is 9.97 Å². The van der Waals surface area contributed by atoms with E-state index < -0.39 is 0 Å². The van der Waals surface area contributed by atoms with Crippen LogP contribution < -0.4 is 10.6 Å². The Morgan fingerprint density at radius 2 is 1.26 bits per heavy atom. The number of nitrogens with one attached hydrogen (secondary N) is 2. The second-order valence-electron chi connectivity index (χ2n) is 8.43. The van der Waals surface area contributed by atoms with Crippen molar-refractivity contribution in [1.82, 2.24) is 9.97 Å². The van der Waals surface area contributed by atoms with Crippen molar-refractivity contribution >= 4 is 23.2 Å². The first kappa shape index (κ1) is 21.6. The SMILES string of the molecule is O=C(Nc1cccc(-c2cnco2)c1)C1CCCC(C(=O)Nc2cccc(-c3cnco3)c2)C1. The van der Waals surface area contributed by atoms with Crippen molar-refractivity contribution in [3.63, 3.8) is 0 Å². The van der Waals surface area contributed by atoms with Gasteiger partial charge in [-0.05, 0) is 43.5 Å². The maximum Gasteiger partial charge on any atom is 0.227 e. The van der Waals surface area contributed by atoms with Gasteiger partial charge in [-0.3, -0.25) is 9.59 Å². The number of hydrogen-bond acceptors (Lipinski definition) is 6. The summed E-state index contributed by atoms with van der Waals surface area (Å²) in [5, 5.41) is 5.99. The summed E-state index contributed by atoms with van der Waals surface area (Å²) in [7, 11) is 0. The van der Waals surface area contributed by atoms with Crippen LogP contribution in [0.25, 0.3) is 22.6 Å². The number of hydrogen-bond donors (Lipinski definition) is 2. The topological polar surface area (TPSA) is 110 Å². The fourth-order valence-electron chi connectivity index (χ4n) is 4.37. The quantitative estimate of drug-likeness (QED) is 0.403. The maximum atomic E-state index is 13.0. The number of benzene rings is 2. The Labute approximate surface area is 196 Å². The molecule has 0 spiro atoms. The van der Waals surface area contributed by atoms with Crippen LogP contribution in [0.2, 0.25) is 0 Å². The standard InChI is InChI=1S/C26H24N4O4/c31-25(29-21-8-2-4-17(11-21)23-13-27-15-33-23)19-6-1-7-20(10-19)26(32)30-22-9-3-5-18(12-22)24-14-28-16-34-24/h2-5,8-9,11-16,19-20H,1,6-7,10H2,(H,29,31)(H,30,32). The predicted molar refractivity (Wildman–Crippen MR) is 127 cm³/mol. The fraction of sp³-hybridized carbons (Fsp3) is 0.231. The van der Waals surface area contributed by atoms with Crippen LogP contribution in [0.4, 0.5) is 11.4 Å². The molecule has 1 aliphatic carbocycles. The van der Waals surface area contributed by atoms with Gasteiger partial charge < -0.3 is 19.5 Å². The lowest BCUT2D eigenvalue weighted by molar-refractivity contribution is -0.124. The van der Waals surface area contributed by atoms with Gasteiger partial charge in [0.1, 0.15) is 0 Å². The van der Waals surface area contributed by atoms with Crippen LogP contribution in [-0.2, 0) is 9.59 Å². The molecule has 1 fully saturated rings. The minimum atomic E-state index is -0.223. The third-order valence-corrected chi connectivity index (χ3v) is 6.11. The van der Waals surface area contributed by atoms with E-state index in [0.717, 1.165) is 30.4 Å². The van der Waals surface area contributed by atoms with Gasteiger partial charge >= 0.3 is 0 Å². The lowest BCUT2D eigenvalue weighted by Crippen LogP contribution is -2.33. The number of anilines is 2. The Bertz CT molecular complexity index is 1170. The zero-order valence-corrected chi connectivity index (χ0v) is 18.4. The molecule has 5 rings (SSSR count). The van der Waals surface area contributed by atoms with Crippen LogP contribution in [0.1, 0.15) is 25.7 Å². The minimum Gasteiger partial charge on any atom is -0.444 e. The van der Waals surface area contributed by atoms with E-state index >= 15 is 0 Å². The molecule has 2 atom stereocenters. The number of carbonyl (C=O) groups is 2. The summed E-state index contributed by atoms with van der Waals surface area (Å²) < 4.78 is 10.7. The summed E-state index contributed by atoms with van der Waals surface area (Å²) in [6.45, 7) is 0. The van der Waals surface area contributed by atoms with Gasteiger partial charge in [-0.1, -0.05) is 30.7 Å². The Morgan fingerprint density at radius 1 is 0.765 bits per heavy atom. The molecular weight excluding hydrogens is 432 g/mol. The summed E-state index contributed by atoms with van der Waals surface area (Å²) in [5.41, 5.74) is 3.05. The first-order chi connectivity index (χ1) is 16.7. The molecule has 0 saturated heterocycles. The number of oxazole rings is 2. The van der Waals surface area contributed by atoms with Crippen molar-refractivity contribution in [2.75, 3.05) is 10.6 Å². The minimum absolute atomic E-state index is 0.0699.